The van der Waals surface area contributed by atoms with Crippen molar-refractivity contribution in [1.82, 2.24) is 9.97 Å². The van der Waals surface area contributed by atoms with Gasteiger partial charge in [-0.3, -0.25) is 4.79 Å². The van der Waals surface area contributed by atoms with E-state index in [2.05, 4.69) is 14.9 Å². The van der Waals surface area contributed by atoms with Crippen molar-refractivity contribution in [3.63, 3.8) is 0 Å². The maximum absolute atomic E-state index is 11.3. The number of ether oxygens (including phenoxy) is 2. The highest BCUT2D eigenvalue weighted by Gasteiger charge is 2.20. The first-order valence-electron chi connectivity index (χ1n) is 7.80. The number of hydrogen-bond donors (Lipinski definition) is 1. The second-order valence-corrected chi connectivity index (χ2v) is 5.60. The van der Waals surface area contributed by atoms with Gasteiger partial charge in [0, 0.05) is 18.7 Å². The van der Waals surface area contributed by atoms with Crippen LogP contribution in [-0.2, 0) is 4.74 Å². The largest absolute Gasteiger partial charge is 0.437 e. The monoisotopic (exact) mass is 328 g/mol. The van der Waals surface area contributed by atoms with Crippen molar-refractivity contribution < 1.29 is 14.3 Å². The first-order valence-corrected chi connectivity index (χ1v) is 7.80. The number of hydrogen-bond acceptors (Lipinski definition) is 7. The molecule has 0 bridgehead atoms. The Hall–Kier alpha value is -2.67. The molecule has 1 aromatic heterocycles. The molecule has 0 spiro atoms. The quantitative estimate of drug-likeness (QED) is 0.860. The molecule has 2 aromatic rings. The molecule has 24 heavy (non-hydrogen) atoms. The Morgan fingerprint density at radius 1 is 1.21 bits per heavy atom. The predicted octanol–water partition coefficient (Wildman–Crippen LogP) is 2.20. The average molecular weight is 328 g/mol. The van der Waals surface area contributed by atoms with Crippen LogP contribution in [0.15, 0.2) is 24.3 Å². The summed E-state index contributed by atoms with van der Waals surface area (Å²) in [7, 11) is 0. The molecule has 7 heteroatoms. The van der Waals surface area contributed by atoms with Crippen LogP contribution < -0.4 is 15.4 Å². The van der Waals surface area contributed by atoms with E-state index < -0.39 is 0 Å². The van der Waals surface area contributed by atoms with Gasteiger partial charge in [-0.25, -0.2) is 4.98 Å². The second kappa shape index (κ2) is 6.84. The van der Waals surface area contributed by atoms with Gasteiger partial charge in [0.1, 0.15) is 17.3 Å². The molecule has 2 heterocycles. The Morgan fingerprint density at radius 3 is 2.50 bits per heavy atom. The van der Waals surface area contributed by atoms with E-state index in [-0.39, 0.29) is 5.78 Å². The van der Waals surface area contributed by atoms with Gasteiger partial charge in [-0.15, -0.1) is 0 Å². The minimum Gasteiger partial charge on any atom is -0.437 e. The lowest BCUT2D eigenvalue weighted by molar-refractivity contribution is 0.101. The van der Waals surface area contributed by atoms with E-state index in [1.807, 2.05) is 0 Å². The number of Topliss-reactive ketones (excluding diaryl/α,β-unsaturated/α-hetero) is 1. The molecule has 1 fully saturated rings. The number of carbonyl (C=O) groups excluding carboxylic acids is 1. The fraction of sp³-hybridized carbons (Fsp3) is 0.353. The van der Waals surface area contributed by atoms with Gasteiger partial charge in [-0.1, -0.05) is 0 Å². The number of nitrogens with two attached hydrogens (primary N) is 1. The smallest absolute Gasteiger partial charge is 0.248 e. The molecule has 0 amide bonds. The van der Waals surface area contributed by atoms with Gasteiger partial charge in [0.25, 0.3) is 0 Å². The van der Waals surface area contributed by atoms with E-state index in [1.54, 1.807) is 31.2 Å². The molecule has 1 aromatic carbocycles. The SMILES string of the molecule is CC(=O)c1ccc(Oc2nc(C)nc(N3CCOCC3)c2N)cc1. The molecular formula is C17H20N4O3. The normalized spacial score (nSPS) is 14.5. The predicted molar refractivity (Wildman–Crippen MR) is 90.7 cm³/mol. The Kier molecular flexibility index (Phi) is 4.61. The Bertz CT molecular complexity index is 740. The molecule has 3 rings (SSSR count). The third-order valence-electron chi connectivity index (χ3n) is 3.79. The van der Waals surface area contributed by atoms with Gasteiger partial charge in [-0.2, -0.15) is 4.98 Å². The topological polar surface area (TPSA) is 90.6 Å². The molecule has 0 aliphatic carbocycles. The van der Waals surface area contributed by atoms with Crippen LogP contribution in [0.5, 0.6) is 11.6 Å². The van der Waals surface area contributed by atoms with Crippen LogP contribution in [0.2, 0.25) is 0 Å². The lowest BCUT2D eigenvalue weighted by Crippen LogP contribution is -2.37. The molecule has 0 radical (unpaired) electrons. The van der Waals surface area contributed by atoms with E-state index in [4.69, 9.17) is 15.2 Å². The summed E-state index contributed by atoms with van der Waals surface area (Å²) >= 11 is 0. The molecule has 1 saturated heterocycles. The van der Waals surface area contributed by atoms with E-state index in [0.29, 0.717) is 47.7 Å². The zero-order valence-electron chi connectivity index (χ0n) is 13.8. The number of nitrogen functional groups attached to an aromatic ring is 1. The van der Waals surface area contributed by atoms with Crippen molar-refractivity contribution in [2.24, 2.45) is 0 Å². The Balaban J connectivity index is 1.87. The maximum atomic E-state index is 11.3. The first kappa shape index (κ1) is 16.2. The van der Waals surface area contributed by atoms with Crippen LogP contribution in [0, 0.1) is 6.92 Å². The summed E-state index contributed by atoms with van der Waals surface area (Å²) in [5.41, 5.74) is 7.25. The van der Waals surface area contributed by atoms with Gasteiger partial charge < -0.3 is 20.1 Å². The first-order chi connectivity index (χ1) is 11.5. The minimum atomic E-state index is 0.00791. The molecule has 0 saturated carbocycles. The van der Waals surface area contributed by atoms with Crippen molar-refractivity contribution in [2.45, 2.75) is 13.8 Å². The van der Waals surface area contributed by atoms with Crippen molar-refractivity contribution in [3.8, 4) is 11.6 Å². The van der Waals surface area contributed by atoms with E-state index in [9.17, 15) is 4.79 Å². The molecule has 126 valence electrons. The third kappa shape index (κ3) is 3.46. The second-order valence-electron chi connectivity index (χ2n) is 5.60. The van der Waals surface area contributed by atoms with Gasteiger partial charge in [0.2, 0.25) is 5.88 Å². The van der Waals surface area contributed by atoms with Crippen molar-refractivity contribution in [1.29, 1.82) is 0 Å². The summed E-state index contributed by atoms with van der Waals surface area (Å²) in [4.78, 5) is 22.1. The number of aryl methyl sites for hydroxylation is 1. The molecular weight excluding hydrogens is 308 g/mol. The molecule has 7 nitrogen and oxygen atoms in total. The van der Waals surface area contributed by atoms with Crippen LogP contribution in [0.4, 0.5) is 11.5 Å². The summed E-state index contributed by atoms with van der Waals surface area (Å²) in [6.07, 6.45) is 0. The van der Waals surface area contributed by atoms with Crippen LogP contribution >= 0.6 is 0 Å². The van der Waals surface area contributed by atoms with Gasteiger partial charge >= 0.3 is 0 Å². The zero-order valence-corrected chi connectivity index (χ0v) is 13.8. The van der Waals surface area contributed by atoms with Gasteiger partial charge in [-0.05, 0) is 38.1 Å². The maximum Gasteiger partial charge on any atom is 0.248 e. The van der Waals surface area contributed by atoms with Crippen LogP contribution in [0.1, 0.15) is 23.1 Å². The number of nitrogens with zero attached hydrogens (tertiary/aromatic N) is 3. The van der Waals surface area contributed by atoms with Crippen LogP contribution in [-0.4, -0.2) is 42.1 Å². The fourth-order valence-electron chi connectivity index (χ4n) is 2.50. The number of benzene rings is 1. The number of carbonyl (C=O) groups is 1. The number of aromatic nitrogens is 2. The van der Waals surface area contributed by atoms with Crippen molar-refractivity contribution in [3.05, 3.63) is 35.7 Å². The number of rotatable bonds is 4. The van der Waals surface area contributed by atoms with Gasteiger partial charge in [0.15, 0.2) is 11.6 Å². The Labute approximate surface area is 140 Å². The Morgan fingerprint density at radius 2 is 1.88 bits per heavy atom. The highest BCUT2D eigenvalue weighted by Crippen LogP contribution is 2.32. The average Bonchev–Trinajstić information content (AvgIpc) is 2.59. The van der Waals surface area contributed by atoms with E-state index >= 15 is 0 Å². The van der Waals surface area contributed by atoms with E-state index in [1.165, 1.54) is 6.92 Å². The standard InChI is InChI=1S/C17H20N4O3/c1-11(22)13-3-5-14(6-4-13)24-17-15(18)16(19-12(2)20-17)21-7-9-23-10-8-21/h3-6H,7-10,18H2,1-2H3. The number of ketones is 1. The highest BCUT2D eigenvalue weighted by molar-refractivity contribution is 5.94. The third-order valence-corrected chi connectivity index (χ3v) is 3.79. The molecule has 1 aliphatic rings. The molecule has 0 atom stereocenters. The summed E-state index contributed by atoms with van der Waals surface area (Å²) in [6.45, 7) is 6.07. The van der Waals surface area contributed by atoms with E-state index in [0.717, 1.165) is 13.1 Å². The summed E-state index contributed by atoms with van der Waals surface area (Å²) in [5, 5.41) is 0. The van der Waals surface area contributed by atoms with Crippen LogP contribution in [0.3, 0.4) is 0 Å². The molecule has 2 N–H and O–H groups in total. The lowest BCUT2D eigenvalue weighted by atomic mass is 10.1. The van der Waals surface area contributed by atoms with Crippen molar-refractivity contribution >= 4 is 17.3 Å². The zero-order chi connectivity index (χ0) is 17.1. The summed E-state index contributed by atoms with van der Waals surface area (Å²) < 4.78 is 11.2. The number of anilines is 2. The minimum absolute atomic E-state index is 0.00791. The van der Waals surface area contributed by atoms with Crippen molar-refractivity contribution in [2.75, 3.05) is 36.9 Å². The lowest BCUT2D eigenvalue weighted by Gasteiger charge is -2.29. The summed E-state index contributed by atoms with van der Waals surface area (Å²) in [5.74, 6) is 2.15. The molecule has 1 aliphatic heterocycles. The highest BCUT2D eigenvalue weighted by atomic mass is 16.5. The summed E-state index contributed by atoms with van der Waals surface area (Å²) in [6, 6.07) is 6.87. The van der Waals surface area contributed by atoms with Crippen LogP contribution in [0.25, 0.3) is 0 Å². The fourth-order valence-corrected chi connectivity index (χ4v) is 2.50. The number of morpholine rings is 1. The van der Waals surface area contributed by atoms with Gasteiger partial charge in [0.05, 0.1) is 13.2 Å². The molecule has 0 unspecified atom stereocenters.